The first-order valence-electron chi connectivity index (χ1n) is 11.0. The second-order valence-electron chi connectivity index (χ2n) is 8.04. The fraction of sp³-hybridized carbons (Fsp3) is 0.429. The summed E-state index contributed by atoms with van der Waals surface area (Å²) in [5.74, 6) is -2.86. The second kappa shape index (κ2) is 11.0. The number of nitrogens with zero attached hydrogens (tertiary/aromatic N) is 4. The van der Waals surface area contributed by atoms with Crippen molar-refractivity contribution in [2.45, 2.75) is 18.1 Å². The Hall–Kier alpha value is -3.23. The molecule has 1 aromatic heterocycles. The third-order valence-corrected chi connectivity index (χ3v) is 7.70. The van der Waals surface area contributed by atoms with Crippen LogP contribution in [-0.2, 0) is 20.5 Å². The van der Waals surface area contributed by atoms with Crippen LogP contribution in [0.1, 0.15) is 12.8 Å². The number of pyridine rings is 1. The number of aromatic nitrogens is 1. The topological polar surface area (TPSA) is 149 Å². The molecule has 0 bridgehead atoms. The van der Waals surface area contributed by atoms with Gasteiger partial charge in [0.25, 0.3) is 5.91 Å². The van der Waals surface area contributed by atoms with Crippen molar-refractivity contribution in [2.24, 2.45) is 10.7 Å². The molecule has 3 aliphatic rings. The molecule has 0 aliphatic carbocycles. The van der Waals surface area contributed by atoms with Gasteiger partial charge in [0.05, 0.1) is 40.5 Å². The Labute approximate surface area is 203 Å². The highest BCUT2D eigenvalue weighted by atomic mass is 32.2. The molecule has 3 aliphatic heterocycles. The van der Waals surface area contributed by atoms with E-state index in [1.165, 1.54) is 6.20 Å². The van der Waals surface area contributed by atoms with E-state index in [4.69, 9.17) is 15.9 Å². The first-order valence-corrected chi connectivity index (χ1v) is 12.2. The minimum Gasteiger partial charge on any atom is -0.383 e. The average Bonchev–Trinajstić information content (AvgIpc) is 2.85. The molecule has 0 spiro atoms. The average molecular weight is 509 g/mol. The summed E-state index contributed by atoms with van der Waals surface area (Å²) in [5, 5.41) is 12.8. The van der Waals surface area contributed by atoms with Crippen molar-refractivity contribution in [3.63, 3.8) is 0 Å². The summed E-state index contributed by atoms with van der Waals surface area (Å²) >= 11 is 0. The van der Waals surface area contributed by atoms with Gasteiger partial charge < -0.3 is 26.0 Å². The molecule has 4 rings (SSSR count). The molecule has 4 heterocycles. The largest absolute Gasteiger partial charge is 0.383 e. The highest BCUT2D eigenvalue weighted by molar-refractivity contribution is 7.83. The summed E-state index contributed by atoms with van der Waals surface area (Å²) in [6, 6.07) is 0. The normalized spacial score (nSPS) is 21.7. The fourth-order valence-electron chi connectivity index (χ4n) is 4.04. The van der Waals surface area contributed by atoms with Crippen LogP contribution in [0.25, 0.3) is 0 Å². The van der Waals surface area contributed by atoms with Crippen LogP contribution in [0.4, 0.5) is 20.2 Å². The van der Waals surface area contributed by atoms with Crippen molar-refractivity contribution in [1.82, 2.24) is 14.6 Å². The molecule has 0 saturated carbocycles. The predicted octanol–water partition coefficient (Wildman–Crippen LogP) is 0.756. The standard InChI is InChI=1S/C21H26F2N8O3S/c22-13-9-27-20(28-10-13)17(19(24)25)21(32)29-16-12-26-11-15(23)18(16)30-3-5-31(6-4-30)35(33)14-1-7-34-8-2-14/h9-12,14,27H,1-8H2,(H3,24,25)(H,29,32)/b20-17+. The Bertz CT molecular complexity index is 1110. The van der Waals surface area contributed by atoms with E-state index in [0.29, 0.717) is 39.4 Å². The van der Waals surface area contributed by atoms with E-state index < -0.39 is 34.4 Å². The zero-order valence-electron chi connectivity index (χ0n) is 18.8. The first kappa shape index (κ1) is 24.9. The van der Waals surface area contributed by atoms with E-state index >= 15 is 0 Å². The molecule has 1 amide bonds. The van der Waals surface area contributed by atoms with Crippen LogP contribution in [-0.4, -0.2) is 76.1 Å². The summed E-state index contributed by atoms with van der Waals surface area (Å²) in [7, 11) is -1.15. The molecule has 5 N–H and O–H groups in total. The lowest BCUT2D eigenvalue weighted by Crippen LogP contribution is -2.49. The Kier molecular flexibility index (Phi) is 7.83. The Balaban J connectivity index is 1.49. The number of carbonyl (C=O) groups excluding carboxylic acids is 1. The van der Waals surface area contributed by atoms with Crippen molar-refractivity contribution < 1.29 is 22.5 Å². The Morgan fingerprint density at radius 2 is 1.94 bits per heavy atom. The summed E-state index contributed by atoms with van der Waals surface area (Å²) in [6.07, 6.45) is 5.68. The Morgan fingerprint density at radius 1 is 1.23 bits per heavy atom. The van der Waals surface area contributed by atoms with Gasteiger partial charge in [0.15, 0.2) is 11.6 Å². The van der Waals surface area contributed by atoms with E-state index in [1.807, 2.05) is 4.31 Å². The van der Waals surface area contributed by atoms with Gasteiger partial charge in [-0.05, 0) is 12.8 Å². The smallest absolute Gasteiger partial charge is 0.263 e. The fourth-order valence-corrected chi connectivity index (χ4v) is 5.58. The molecule has 2 fully saturated rings. The van der Waals surface area contributed by atoms with Gasteiger partial charge in [-0.15, -0.1) is 0 Å². The first-order chi connectivity index (χ1) is 16.8. The summed E-state index contributed by atoms with van der Waals surface area (Å²) in [4.78, 5) is 22.3. The van der Waals surface area contributed by atoms with Gasteiger partial charge in [0.1, 0.15) is 22.9 Å². The highest BCUT2D eigenvalue weighted by Gasteiger charge is 2.30. The number of ether oxygens (including phenoxy) is 1. The van der Waals surface area contributed by atoms with Crippen LogP contribution in [0.5, 0.6) is 0 Å². The number of amidine groups is 1. The minimum atomic E-state index is -1.15. The summed E-state index contributed by atoms with van der Waals surface area (Å²) in [6.45, 7) is 2.89. The summed E-state index contributed by atoms with van der Waals surface area (Å²) in [5.41, 5.74) is 5.44. The lowest BCUT2D eigenvalue weighted by Gasteiger charge is -2.37. The number of hydrogen-bond donors (Lipinski definition) is 4. The van der Waals surface area contributed by atoms with Crippen molar-refractivity contribution in [1.29, 1.82) is 5.41 Å². The molecular formula is C21H26F2N8O3S. The number of piperazine rings is 1. The third kappa shape index (κ3) is 5.71. The van der Waals surface area contributed by atoms with E-state index in [9.17, 15) is 17.8 Å². The summed E-state index contributed by atoms with van der Waals surface area (Å²) < 4.78 is 48.3. The highest BCUT2D eigenvalue weighted by Crippen LogP contribution is 2.30. The molecule has 188 valence electrons. The second-order valence-corrected chi connectivity index (χ2v) is 9.78. The number of allylic oxidation sites excluding steroid dienone is 1. The molecule has 2 saturated heterocycles. The number of anilines is 2. The molecule has 11 nitrogen and oxygen atoms in total. The number of amides is 1. The molecule has 14 heteroatoms. The zero-order chi connectivity index (χ0) is 24.9. The van der Waals surface area contributed by atoms with Crippen LogP contribution in [0.3, 0.4) is 0 Å². The van der Waals surface area contributed by atoms with Gasteiger partial charge >= 0.3 is 0 Å². The number of nitrogens with two attached hydrogens (primary N) is 1. The van der Waals surface area contributed by atoms with Crippen LogP contribution in [0, 0.1) is 11.2 Å². The molecular weight excluding hydrogens is 482 g/mol. The molecule has 1 unspecified atom stereocenters. The number of halogens is 2. The van der Waals surface area contributed by atoms with Gasteiger partial charge in [-0.25, -0.2) is 22.3 Å². The number of rotatable bonds is 6. The van der Waals surface area contributed by atoms with Crippen molar-refractivity contribution >= 4 is 40.3 Å². The van der Waals surface area contributed by atoms with E-state index in [1.54, 1.807) is 4.90 Å². The molecule has 35 heavy (non-hydrogen) atoms. The maximum atomic E-state index is 14.9. The minimum absolute atomic E-state index is 0.0558. The lowest BCUT2D eigenvalue weighted by atomic mass is 10.2. The van der Waals surface area contributed by atoms with Gasteiger partial charge in [-0.1, -0.05) is 0 Å². The number of hydrogen-bond acceptors (Lipinski definition) is 8. The quantitative estimate of drug-likeness (QED) is 0.252. The lowest BCUT2D eigenvalue weighted by molar-refractivity contribution is -0.112. The van der Waals surface area contributed by atoms with E-state index in [0.717, 1.165) is 31.5 Å². The molecule has 1 atom stereocenters. The maximum Gasteiger partial charge on any atom is 0.263 e. The van der Waals surface area contributed by atoms with Crippen LogP contribution in [0.15, 0.2) is 40.8 Å². The maximum absolute atomic E-state index is 14.9. The van der Waals surface area contributed by atoms with E-state index in [2.05, 4.69) is 20.6 Å². The SMILES string of the molecule is N=C(N)/C(C(=O)Nc1cncc(F)c1N1CCN(S(=O)C2CCOCC2)CC1)=C1\N=CC(F)=CN1. The molecule has 0 radical (unpaired) electrons. The third-order valence-electron chi connectivity index (χ3n) is 5.78. The Morgan fingerprint density at radius 3 is 2.57 bits per heavy atom. The van der Waals surface area contributed by atoms with Crippen molar-refractivity contribution in [3.05, 3.63) is 41.6 Å². The van der Waals surface area contributed by atoms with Gasteiger partial charge in [-0.2, -0.15) is 0 Å². The number of nitrogens with one attached hydrogen (secondary N) is 3. The van der Waals surface area contributed by atoms with Crippen LogP contribution in [0.2, 0.25) is 0 Å². The zero-order valence-corrected chi connectivity index (χ0v) is 19.6. The van der Waals surface area contributed by atoms with Gasteiger partial charge in [0, 0.05) is 45.6 Å². The van der Waals surface area contributed by atoms with Gasteiger partial charge in [0.2, 0.25) is 0 Å². The predicted molar refractivity (Wildman–Crippen MR) is 128 cm³/mol. The van der Waals surface area contributed by atoms with Crippen molar-refractivity contribution in [2.75, 3.05) is 49.6 Å². The number of aliphatic imine (C=N–C) groups is 1. The van der Waals surface area contributed by atoms with E-state index in [-0.39, 0.29) is 28.0 Å². The number of carbonyl (C=O) groups is 1. The molecule has 1 aromatic rings. The van der Waals surface area contributed by atoms with Crippen LogP contribution < -0.4 is 21.3 Å². The van der Waals surface area contributed by atoms with Crippen molar-refractivity contribution in [3.8, 4) is 0 Å². The van der Waals surface area contributed by atoms with Gasteiger partial charge in [-0.3, -0.25) is 15.2 Å². The monoisotopic (exact) mass is 508 g/mol. The van der Waals surface area contributed by atoms with Crippen LogP contribution >= 0.6 is 0 Å². The molecule has 0 aromatic carbocycles.